The van der Waals surface area contributed by atoms with Crippen molar-refractivity contribution in [1.29, 1.82) is 0 Å². The van der Waals surface area contributed by atoms with E-state index >= 15 is 0 Å². The number of aryl methyl sites for hydroxylation is 1. The minimum absolute atomic E-state index is 0.0612. The lowest BCUT2D eigenvalue weighted by Crippen LogP contribution is -2.54. The predicted octanol–water partition coefficient (Wildman–Crippen LogP) is 2.06. The first-order valence-corrected chi connectivity index (χ1v) is 16.3. The van der Waals surface area contributed by atoms with Crippen LogP contribution in [0.3, 0.4) is 0 Å². The van der Waals surface area contributed by atoms with Gasteiger partial charge in [0.15, 0.2) is 0 Å². The van der Waals surface area contributed by atoms with Crippen molar-refractivity contribution >= 4 is 39.4 Å². The third kappa shape index (κ3) is 13.7. The van der Waals surface area contributed by atoms with Crippen LogP contribution < -0.4 is 21.1 Å². The first kappa shape index (κ1) is 37.3. The number of carbonyl (C=O) groups excluding carboxylic acids is 2. The number of halogens is 1. The first-order valence-electron chi connectivity index (χ1n) is 14.2. The molecule has 0 aliphatic carbocycles. The monoisotopic (exact) mass is 661 g/mol. The number of nitrogens with zero attached hydrogens (tertiary/aromatic N) is 1. The number of nitrogens with one attached hydrogen (secondary N) is 3. The van der Waals surface area contributed by atoms with E-state index in [0.29, 0.717) is 21.7 Å². The average molecular weight is 662 g/mol. The summed E-state index contributed by atoms with van der Waals surface area (Å²) < 4.78 is 27.2. The first-order chi connectivity index (χ1) is 21.4. The number of rotatable bonds is 15. The van der Waals surface area contributed by atoms with Gasteiger partial charge in [-0.1, -0.05) is 61.3 Å². The third-order valence-electron chi connectivity index (χ3n) is 6.37. The Morgan fingerprint density at radius 3 is 2.27 bits per heavy atom. The number of carbonyl (C=O) groups is 3. The molecule has 0 aliphatic rings. The molecule has 0 fully saturated rings. The number of amides is 2. The molecule has 2 amide bonds. The summed E-state index contributed by atoms with van der Waals surface area (Å²) in [6.45, 7) is 3.04. The summed E-state index contributed by atoms with van der Waals surface area (Å²) in [7, 11) is -3.95. The molecule has 2 aromatic carbocycles. The van der Waals surface area contributed by atoms with Gasteiger partial charge in [0, 0.05) is 30.0 Å². The Bertz CT molecular complexity index is 1510. The molecule has 12 nitrogen and oxygen atoms in total. The van der Waals surface area contributed by atoms with Gasteiger partial charge in [0.05, 0.1) is 24.8 Å². The summed E-state index contributed by atoms with van der Waals surface area (Å²) in [5, 5.41) is 23.8. The Morgan fingerprint density at radius 1 is 1.00 bits per heavy atom. The molecule has 0 aliphatic heterocycles. The molecule has 0 spiro atoms. The van der Waals surface area contributed by atoms with Crippen LogP contribution >= 0.6 is 11.6 Å². The maximum Gasteiger partial charge on any atom is 0.307 e. The van der Waals surface area contributed by atoms with Crippen molar-refractivity contribution in [3.63, 3.8) is 0 Å². The lowest BCUT2D eigenvalue weighted by Gasteiger charge is -2.20. The van der Waals surface area contributed by atoms with Crippen molar-refractivity contribution in [3.05, 3.63) is 99.8 Å². The van der Waals surface area contributed by atoms with E-state index in [9.17, 15) is 27.9 Å². The summed E-state index contributed by atoms with van der Waals surface area (Å²) >= 11 is 5.98. The lowest BCUT2D eigenvalue weighted by atomic mass is 10.1. The molecule has 1 heterocycles. The highest BCUT2D eigenvalue weighted by molar-refractivity contribution is 7.88. The fourth-order valence-electron chi connectivity index (χ4n) is 4.07. The number of hydrogen-bond acceptors (Lipinski definition) is 8. The molecule has 1 aromatic heterocycles. The number of pyridine rings is 1. The van der Waals surface area contributed by atoms with Gasteiger partial charge in [-0.05, 0) is 59.9 Å². The van der Waals surface area contributed by atoms with E-state index in [0.717, 1.165) is 12.0 Å². The van der Waals surface area contributed by atoms with Crippen molar-refractivity contribution in [3.8, 4) is 0 Å². The minimum atomic E-state index is -3.95. The molecule has 0 saturated carbocycles. The fraction of sp³-hybridized carbons (Fsp3) is 0.355. The lowest BCUT2D eigenvalue weighted by molar-refractivity contribution is -0.136. The smallest absolute Gasteiger partial charge is 0.307 e. The zero-order valence-electron chi connectivity index (χ0n) is 25.2. The van der Waals surface area contributed by atoms with Crippen LogP contribution in [-0.2, 0) is 56.1 Å². The Labute approximate surface area is 268 Å². The van der Waals surface area contributed by atoms with Crippen LogP contribution in [0.2, 0.25) is 5.02 Å². The summed E-state index contributed by atoms with van der Waals surface area (Å²) in [5.74, 6) is -2.93. The second-order valence-electron chi connectivity index (χ2n) is 10.1. The second kappa shape index (κ2) is 18.8. The van der Waals surface area contributed by atoms with Gasteiger partial charge in [-0.25, -0.2) is 13.1 Å². The summed E-state index contributed by atoms with van der Waals surface area (Å²) in [6, 6.07) is 14.5. The van der Waals surface area contributed by atoms with Gasteiger partial charge in [-0.3, -0.25) is 19.4 Å². The predicted molar refractivity (Wildman–Crippen MR) is 171 cm³/mol. The molecule has 0 saturated heterocycles. The maximum absolute atomic E-state index is 12.5. The average Bonchev–Trinajstić information content (AvgIpc) is 3.00. The number of carboxylic acids is 1. The van der Waals surface area contributed by atoms with Gasteiger partial charge in [0.25, 0.3) is 0 Å². The van der Waals surface area contributed by atoms with E-state index in [1.54, 1.807) is 18.2 Å². The standard InChI is InChI=1S/C23H29ClN4O7S.C8H11N/c1-14(28-36(34,35)13-16-4-2-15(3-5-16)8-21(30)31)22(32)27-20(12-29)23(33)26-11-18-9-19(24)7-6-17(18)10-25;1-2-5-8-6-3-4-7-9-8/h2-7,9,14,20,28-29H,8,10-13,25H2,1H3,(H,26,33)(H,27,32)(H,30,31);3-4,6-7H,2,5H2,1H3. The van der Waals surface area contributed by atoms with Crippen molar-refractivity contribution in [2.24, 2.45) is 5.73 Å². The Balaban J connectivity index is 0.000000669. The highest BCUT2D eigenvalue weighted by atomic mass is 35.5. The van der Waals surface area contributed by atoms with Gasteiger partial charge in [0.2, 0.25) is 21.8 Å². The SMILES string of the molecule is CC(NS(=O)(=O)Cc1ccc(CC(=O)O)cc1)C(=O)NC(CO)C(=O)NCc1cc(Cl)ccc1CN.CCCc1ccccn1. The van der Waals surface area contributed by atoms with E-state index in [2.05, 4.69) is 33.3 Å². The molecule has 3 rings (SSSR count). The van der Waals surface area contributed by atoms with Gasteiger partial charge < -0.3 is 26.6 Å². The molecule has 14 heteroatoms. The van der Waals surface area contributed by atoms with Crippen molar-refractivity contribution < 1.29 is 33.0 Å². The van der Waals surface area contributed by atoms with Crippen molar-refractivity contribution in [2.45, 2.75) is 64.0 Å². The molecule has 45 heavy (non-hydrogen) atoms. The number of aliphatic hydroxyl groups is 1. The molecule has 0 radical (unpaired) electrons. The molecule has 2 atom stereocenters. The molecular formula is C31H40ClN5O7S. The molecule has 244 valence electrons. The van der Waals surface area contributed by atoms with Gasteiger partial charge >= 0.3 is 5.97 Å². The minimum Gasteiger partial charge on any atom is -0.481 e. The zero-order chi connectivity index (χ0) is 33.4. The highest BCUT2D eigenvalue weighted by Crippen LogP contribution is 2.16. The number of aliphatic carboxylic acids is 1. The topological polar surface area (TPSA) is 201 Å². The van der Waals surface area contributed by atoms with E-state index in [4.69, 9.17) is 22.4 Å². The van der Waals surface area contributed by atoms with E-state index in [-0.39, 0.29) is 19.5 Å². The van der Waals surface area contributed by atoms with Gasteiger partial charge in [-0.2, -0.15) is 0 Å². The Hall–Kier alpha value is -3.88. The highest BCUT2D eigenvalue weighted by Gasteiger charge is 2.26. The molecule has 0 bridgehead atoms. The van der Waals surface area contributed by atoms with Crippen LogP contribution in [0, 0.1) is 0 Å². The largest absolute Gasteiger partial charge is 0.481 e. The summed E-state index contributed by atoms with van der Waals surface area (Å²) in [4.78, 5) is 39.9. The molecule has 7 N–H and O–H groups in total. The Morgan fingerprint density at radius 2 is 1.69 bits per heavy atom. The quantitative estimate of drug-likeness (QED) is 0.141. The number of sulfonamides is 1. The summed E-state index contributed by atoms with van der Waals surface area (Å²) in [5.41, 5.74) is 9.24. The maximum atomic E-state index is 12.5. The van der Waals surface area contributed by atoms with Gasteiger partial charge in [0.1, 0.15) is 6.04 Å². The summed E-state index contributed by atoms with van der Waals surface area (Å²) in [6.07, 6.45) is 3.93. The number of aromatic nitrogens is 1. The number of aliphatic hydroxyl groups excluding tert-OH is 1. The fourth-order valence-corrected chi connectivity index (χ4v) is 5.62. The number of hydrogen-bond donors (Lipinski definition) is 6. The van der Waals surface area contributed by atoms with Crippen molar-refractivity contribution in [2.75, 3.05) is 6.61 Å². The molecule has 3 aromatic rings. The van der Waals surface area contributed by atoms with Crippen LogP contribution in [0.4, 0.5) is 0 Å². The third-order valence-corrected chi connectivity index (χ3v) is 8.03. The van der Waals surface area contributed by atoms with Crippen LogP contribution in [0.15, 0.2) is 66.9 Å². The van der Waals surface area contributed by atoms with Crippen molar-refractivity contribution in [1.82, 2.24) is 20.3 Å². The van der Waals surface area contributed by atoms with E-state index < -0.39 is 52.3 Å². The second-order valence-corrected chi connectivity index (χ2v) is 12.3. The number of nitrogens with two attached hydrogens (primary N) is 1. The van der Waals surface area contributed by atoms with Crippen LogP contribution in [0.1, 0.15) is 48.2 Å². The zero-order valence-corrected chi connectivity index (χ0v) is 26.8. The van der Waals surface area contributed by atoms with Crippen LogP contribution in [-0.4, -0.2) is 60.1 Å². The molecular weight excluding hydrogens is 622 g/mol. The van der Waals surface area contributed by atoms with E-state index in [1.165, 1.54) is 43.3 Å². The van der Waals surface area contributed by atoms with Gasteiger partial charge in [-0.15, -0.1) is 0 Å². The number of benzene rings is 2. The number of carboxylic acid groups (broad SMARTS) is 1. The van der Waals surface area contributed by atoms with E-state index in [1.807, 2.05) is 18.3 Å². The molecule has 2 unspecified atom stereocenters. The van der Waals surface area contributed by atoms with Crippen LogP contribution in [0.5, 0.6) is 0 Å². The van der Waals surface area contributed by atoms with Crippen LogP contribution in [0.25, 0.3) is 0 Å². The Kier molecular flexibility index (Phi) is 15.6. The normalized spacial score (nSPS) is 12.3.